The number of carbonyl (C=O) groups is 1. The van der Waals surface area contributed by atoms with E-state index in [1.807, 2.05) is 49.2 Å². The van der Waals surface area contributed by atoms with E-state index in [1.54, 1.807) is 0 Å². The number of aryl methyl sites for hydroxylation is 1. The van der Waals surface area contributed by atoms with Crippen LogP contribution in [0.2, 0.25) is 0 Å². The van der Waals surface area contributed by atoms with Crippen LogP contribution < -0.4 is 0 Å². The lowest BCUT2D eigenvalue weighted by Crippen LogP contribution is -2.29. The van der Waals surface area contributed by atoms with E-state index in [4.69, 9.17) is 0 Å². The first-order chi connectivity index (χ1) is 12.2. The second kappa shape index (κ2) is 6.20. The molecule has 0 fully saturated rings. The fourth-order valence-corrected chi connectivity index (χ4v) is 3.49. The highest BCUT2D eigenvalue weighted by Gasteiger charge is 2.26. The quantitative estimate of drug-likeness (QED) is 0.733. The number of amides is 1. The highest BCUT2D eigenvalue weighted by molar-refractivity contribution is 5.98. The number of carbonyl (C=O) groups excluding carboxylic acids is 1. The summed E-state index contributed by atoms with van der Waals surface area (Å²) in [7, 11) is 0. The summed E-state index contributed by atoms with van der Waals surface area (Å²) in [6.45, 7) is 5.26. The minimum atomic E-state index is 0.0808. The molecule has 126 valence electrons. The molecule has 2 aromatic carbocycles. The Kier molecular flexibility index (Phi) is 3.88. The highest BCUT2D eigenvalue weighted by atomic mass is 16.2. The zero-order chi connectivity index (χ0) is 17.4. The molecule has 0 saturated heterocycles. The third kappa shape index (κ3) is 2.74. The summed E-state index contributed by atoms with van der Waals surface area (Å²) < 4.78 is 2.11. The zero-order valence-corrected chi connectivity index (χ0v) is 14.6. The smallest absolute Gasteiger partial charge is 0.256 e. The highest BCUT2D eigenvalue weighted by Crippen LogP contribution is 2.27. The van der Waals surface area contributed by atoms with Gasteiger partial charge in [-0.1, -0.05) is 36.4 Å². The van der Waals surface area contributed by atoms with Gasteiger partial charge in [0.2, 0.25) is 0 Å². The molecular formula is C21H21N3O. The number of imidazole rings is 1. The van der Waals surface area contributed by atoms with Gasteiger partial charge in [-0.3, -0.25) is 9.36 Å². The Morgan fingerprint density at radius 3 is 2.64 bits per heavy atom. The van der Waals surface area contributed by atoms with E-state index in [2.05, 4.69) is 33.8 Å². The fraction of sp³-hybridized carbons (Fsp3) is 0.238. The van der Waals surface area contributed by atoms with Crippen molar-refractivity contribution in [3.8, 4) is 5.69 Å². The van der Waals surface area contributed by atoms with Crippen molar-refractivity contribution in [1.82, 2.24) is 14.5 Å². The molecule has 4 heteroatoms. The molecule has 0 saturated carbocycles. The first-order valence-corrected chi connectivity index (χ1v) is 8.67. The van der Waals surface area contributed by atoms with E-state index >= 15 is 0 Å². The first-order valence-electron chi connectivity index (χ1n) is 8.67. The summed E-state index contributed by atoms with van der Waals surface area (Å²) in [6, 6.07) is 16.6. The lowest BCUT2D eigenvalue weighted by Gasteiger charge is -2.18. The van der Waals surface area contributed by atoms with E-state index in [9.17, 15) is 4.79 Å². The maximum absolute atomic E-state index is 13.0. The van der Waals surface area contributed by atoms with Crippen molar-refractivity contribution in [2.75, 3.05) is 6.54 Å². The van der Waals surface area contributed by atoms with Crippen molar-refractivity contribution in [2.24, 2.45) is 0 Å². The van der Waals surface area contributed by atoms with Crippen LogP contribution in [-0.2, 0) is 13.0 Å². The van der Waals surface area contributed by atoms with Gasteiger partial charge in [-0.25, -0.2) is 4.98 Å². The van der Waals surface area contributed by atoms with Crippen LogP contribution in [0, 0.1) is 6.92 Å². The second-order valence-electron chi connectivity index (χ2n) is 6.48. The Morgan fingerprint density at radius 1 is 1.08 bits per heavy atom. The van der Waals surface area contributed by atoms with Gasteiger partial charge in [0.15, 0.2) is 0 Å². The minimum Gasteiger partial charge on any atom is -0.331 e. The summed E-state index contributed by atoms with van der Waals surface area (Å²) in [4.78, 5) is 19.4. The van der Waals surface area contributed by atoms with Crippen LogP contribution in [0.3, 0.4) is 0 Å². The van der Waals surface area contributed by atoms with Crippen LogP contribution in [-0.4, -0.2) is 26.9 Å². The van der Waals surface area contributed by atoms with Gasteiger partial charge in [0.1, 0.15) is 5.82 Å². The summed E-state index contributed by atoms with van der Waals surface area (Å²) in [5.41, 5.74) is 5.14. The molecule has 0 spiro atoms. The van der Waals surface area contributed by atoms with Crippen molar-refractivity contribution >= 4 is 5.91 Å². The summed E-state index contributed by atoms with van der Waals surface area (Å²) in [6.07, 6.45) is 2.70. The molecule has 4 rings (SSSR count). The molecule has 1 aliphatic heterocycles. The maximum atomic E-state index is 13.0. The average Bonchev–Trinajstić information content (AvgIpc) is 2.94. The minimum absolute atomic E-state index is 0.0808. The Hall–Kier alpha value is -2.88. The third-order valence-corrected chi connectivity index (χ3v) is 4.80. The standard InChI is InChI=1S/C21H21N3O/c1-3-23-14-20-22-13-15(2)24(20)19-10-9-17(12-18(19)21(23)25)11-16-7-5-4-6-8-16/h4-10,12-13H,3,11,14H2,1-2H3. The molecule has 0 aliphatic carbocycles. The average molecular weight is 331 g/mol. The molecule has 4 nitrogen and oxygen atoms in total. The van der Waals surface area contributed by atoms with Gasteiger partial charge in [0.05, 0.1) is 17.8 Å². The number of fused-ring (bicyclic) bond motifs is 3. The van der Waals surface area contributed by atoms with Crippen LogP contribution in [0.25, 0.3) is 5.69 Å². The van der Waals surface area contributed by atoms with E-state index < -0.39 is 0 Å². The fourth-order valence-electron chi connectivity index (χ4n) is 3.49. The maximum Gasteiger partial charge on any atom is 0.256 e. The van der Waals surface area contributed by atoms with E-state index in [1.165, 1.54) is 5.56 Å². The number of hydrogen-bond acceptors (Lipinski definition) is 2. The first kappa shape index (κ1) is 15.6. The van der Waals surface area contributed by atoms with Gasteiger partial charge in [-0.2, -0.15) is 0 Å². The van der Waals surface area contributed by atoms with Crippen molar-refractivity contribution < 1.29 is 4.79 Å². The molecule has 3 aromatic rings. The van der Waals surface area contributed by atoms with Crippen LogP contribution in [0.1, 0.15) is 39.9 Å². The van der Waals surface area contributed by atoms with Crippen molar-refractivity contribution in [1.29, 1.82) is 0 Å². The molecule has 0 bridgehead atoms. The van der Waals surface area contributed by atoms with Crippen molar-refractivity contribution in [3.63, 3.8) is 0 Å². The van der Waals surface area contributed by atoms with Gasteiger partial charge in [0.25, 0.3) is 5.91 Å². The third-order valence-electron chi connectivity index (χ3n) is 4.80. The zero-order valence-electron chi connectivity index (χ0n) is 14.6. The van der Waals surface area contributed by atoms with Gasteiger partial charge >= 0.3 is 0 Å². The van der Waals surface area contributed by atoms with Gasteiger partial charge in [0, 0.05) is 18.4 Å². The summed E-state index contributed by atoms with van der Waals surface area (Å²) >= 11 is 0. The number of nitrogens with zero attached hydrogens (tertiary/aromatic N) is 3. The van der Waals surface area contributed by atoms with Crippen molar-refractivity contribution in [2.45, 2.75) is 26.8 Å². The Morgan fingerprint density at radius 2 is 1.88 bits per heavy atom. The summed E-state index contributed by atoms with van der Waals surface area (Å²) in [5, 5.41) is 0. The molecular weight excluding hydrogens is 310 g/mol. The number of benzene rings is 2. The Balaban J connectivity index is 1.82. The molecule has 0 unspecified atom stereocenters. The van der Waals surface area contributed by atoms with Crippen LogP contribution in [0.5, 0.6) is 0 Å². The Bertz CT molecular complexity index is 928. The van der Waals surface area contributed by atoms with Gasteiger partial charge in [-0.05, 0) is 43.5 Å². The SMILES string of the molecule is CCN1Cc2ncc(C)n2-c2ccc(Cc3ccccc3)cc2C1=O. The molecule has 2 heterocycles. The lowest BCUT2D eigenvalue weighted by molar-refractivity contribution is 0.0753. The number of hydrogen-bond donors (Lipinski definition) is 0. The van der Waals surface area contributed by atoms with E-state index in [0.717, 1.165) is 34.8 Å². The molecule has 1 amide bonds. The largest absolute Gasteiger partial charge is 0.331 e. The molecule has 25 heavy (non-hydrogen) atoms. The molecule has 1 aromatic heterocycles. The number of rotatable bonds is 3. The van der Waals surface area contributed by atoms with Crippen LogP contribution in [0.15, 0.2) is 54.7 Å². The van der Waals surface area contributed by atoms with E-state index in [-0.39, 0.29) is 5.91 Å². The molecule has 0 N–H and O–H groups in total. The molecule has 0 radical (unpaired) electrons. The molecule has 0 atom stereocenters. The summed E-state index contributed by atoms with van der Waals surface area (Å²) in [5.74, 6) is 1.000. The monoisotopic (exact) mass is 331 g/mol. The predicted molar refractivity (Wildman–Crippen MR) is 98.0 cm³/mol. The second-order valence-corrected chi connectivity index (χ2v) is 6.48. The predicted octanol–water partition coefficient (Wildman–Crippen LogP) is 3.75. The van der Waals surface area contributed by atoms with Crippen LogP contribution >= 0.6 is 0 Å². The lowest BCUT2D eigenvalue weighted by atomic mass is 10.0. The van der Waals surface area contributed by atoms with Gasteiger partial charge in [-0.15, -0.1) is 0 Å². The number of aromatic nitrogens is 2. The normalized spacial score (nSPS) is 13.4. The van der Waals surface area contributed by atoms with Gasteiger partial charge < -0.3 is 4.90 Å². The van der Waals surface area contributed by atoms with E-state index in [0.29, 0.717) is 13.1 Å². The molecule has 1 aliphatic rings. The van der Waals surface area contributed by atoms with Crippen LogP contribution in [0.4, 0.5) is 0 Å². The van der Waals surface area contributed by atoms with Crippen molar-refractivity contribution in [3.05, 3.63) is 82.9 Å². The topological polar surface area (TPSA) is 38.1 Å². The Labute approximate surface area is 147 Å².